The first-order valence-corrected chi connectivity index (χ1v) is 6.34. The van der Waals surface area contributed by atoms with Gasteiger partial charge in [-0.15, -0.1) is 0 Å². The molecule has 1 atom stereocenters. The van der Waals surface area contributed by atoms with E-state index in [1.165, 1.54) is 0 Å². The Morgan fingerprint density at radius 2 is 2.06 bits per heavy atom. The zero-order valence-corrected chi connectivity index (χ0v) is 11.2. The fraction of sp³-hybridized carbons (Fsp3) is 0.143. The third kappa shape index (κ3) is 2.96. The summed E-state index contributed by atoms with van der Waals surface area (Å²) >= 11 is 3.40. The summed E-state index contributed by atoms with van der Waals surface area (Å²) < 4.78 is 0.821. The second-order valence-corrected chi connectivity index (χ2v) is 4.83. The highest BCUT2D eigenvalue weighted by Crippen LogP contribution is 2.27. The largest absolute Gasteiger partial charge is 0.481 e. The number of nitrogens with zero attached hydrogens (tertiary/aromatic N) is 1. The average molecular weight is 306 g/mol. The first-order valence-electron chi connectivity index (χ1n) is 5.54. The zero-order valence-electron chi connectivity index (χ0n) is 9.58. The molecular formula is C14H12BrNO2. The van der Waals surface area contributed by atoms with Crippen LogP contribution in [0.15, 0.2) is 53.3 Å². The van der Waals surface area contributed by atoms with Crippen molar-refractivity contribution in [2.45, 2.75) is 12.3 Å². The van der Waals surface area contributed by atoms with Crippen molar-refractivity contribution in [2.75, 3.05) is 0 Å². The maximum atomic E-state index is 11.4. The summed E-state index contributed by atoms with van der Waals surface area (Å²) in [6.07, 6.45) is 3.82. The Morgan fingerprint density at radius 3 is 2.67 bits per heavy atom. The molecule has 3 nitrogen and oxygen atoms in total. The quantitative estimate of drug-likeness (QED) is 0.943. The summed E-state index contributed by atoms with van der Waals surface area (Å²) in [5.74, 6) is -1.39. The number of benzene rings is 1. The lowest BCUT2D eigenvalue weighted by Gasteiger charge is -2.14. The monoisotopic (exact) mass is 305 g/mol. The molecule has 2 rings (SSSR count). The van der Waals surface area contributed by atoms with E-state index < -0.39 is 11.9 Å². The van der Waals surface area contributed by atoms with Gasteiger partial charge in [0.2, 0.25) is 0 Å². The molecule has 0 bridgehead atoms. The van der Waals surface area contributed by atoms with Gasteiger partial charge in [0, 0.05) is 16.9 Å². The minimum atomic E-state index is -0.828. The SMILES string of the molecule is O=C(O)C(Cc1cccnc1)c1ccccc1Br. The second kappa shape index (κ2) is 5.78. The van der Waals surface area contributed by atoms with Gasteiger partial charge in [-0.3, -0.25) is 9.78 Å². The van der Waals surface area contributed by atoms with Gasteiger partial charge in [0.15, 0.2) is 0 Å². The molecule has 0 aliphatic rings. The van der Waals surface area contributed by atoms with E-state index in [4.69, 9.17) is 0 Å². The van der Waals surface area contributed by atoms with Crippen LogP contribution in [0.25, 0.3) is 0 Å². The van der Waals surface area contributed by atoms with Crippen LogP contribution in [0, 0.1) is 0 Å². The molecule has 18 heavy (non-hydrogen) atoms. The van der Waals surface area contributed by atoms with Crippen LogP contribution in [-0.2, 0) is 11.2 Å². The summed E-state index contributed by atoms with van der Waals surface area (Å²) in [5.41, 5.74) is 1.70. The zero-order chi connectivity index (χ0) is 13.0. The predicted molar refractivity (Wildman–Crippen MR) is 72.5 cm³/mol. The van der Waals surface area contributed by atoms with Crippen molar-refractivity contribution < 1.29 is 9.90 Å². The van der Waals surface area contributed by atoms with Crippen molar-refractivity contribution in [3.63, 3.8) is 0 Å². The maximum absolute atomic E-state index is 11.4. The third-order valence-electron chi connectivity index (χ3n) is 2.74. The first kappa shape index (κ1) is 12.8. The van der Waals surface area contributed by atoms with Crippen LogP contribution < -0.4 is 0 Å². The molecule has 1 unspecified atom stereocenters. The highest BCUT2D eigenvalue weighted by molar-refractivity contribution is 9.10. The number of hydrogen-bond acceptors (Lipinski definition) is 2. The summed E-state index contributed by atoms with van der Waals surface area (Å²) in [5, 5.41) is 9.37. The van der Waals surface area contributed by atoms with Gasteiger partial charge in [-0.2, -0.15) is 0 Å². The smallest absolute Gasteiger partial charge is 0.311 e. The van der Waals surface area contributed by atoms with Gasteiger partial charge in [0.1, 0.15) is 0 Å². The Morgan fingerprint density at radius 1 is 1.28 bits per heavy atom. The highest BCUT2D eigenvalue weighted by Gasteiger charge is 2.22. The highest BCUT2D eigenvalue weighted by atomic mass is 79.9. The van der Waals surface area contributed by atoms with Crippen LogP contribution in [0.4, 0.5) is 0 Å². The minimum absolute atomic E-state index is 0.436. The van der Waals surface area contributed by atoms with Gasteiger partial charge in [-0.1, -0.05) is 40.2 Å². The predicted octanol–water partition coefficient (Wildman–Crippen LogP) is 3.26. The van der Waals surface area contributed by atoms with Gasteiger partial charge < -0.3 is 5.11 Å². The molecule has 0 aliphatic carbocycles. The number of pyridine rings is 1. The van der Waals surface area contributed by atoms with Crippen molar-refractivity contribution in [1.29, 1.82) is 0 Å². The fourth-order valence-electron chi connectivity index (χ4n) is 1.84. The maximum Gasteiger partial charge on any atom is 0.311 e. The number of carbonyl (C=O) groups is 1. The molecule has 0 radical (unpaired) electrons. The summed E-state index contributed by atoms with van der Waals surface area (Å²) in [6, 6.07) is 11.1. The molecule has 2 aromatic rings. The first-order chi connectivity index (χ1) is 8.68. The van der Waals surface area contributed by atoms with Crippen LogP contribution in [0.1, 0.15) is 17.0 Å². The fourth-order valence-corrected chi connectivity index (χ4v) is 2.40. The molecule has 1 heterocycles. The van der Waals surface area contributed by atoms with E-state index in [1.54, 1.807) is 12.4 Å². The number of rotatable bonds is 4. The van der Waals surface area contributed by atoms with Gasteiger partial charge in [0.25, 0.3) is 0 Å². The molecule has 1 aromatic heterocycles. The van der Waals surface area contributed by atoms with Crippen molar-refractivity contribution in [3.05, 3.63) is 64.4 Å². The lowest BCUT2D eigenvalue weighted by atomic mass is 9.93. The summed E-state index contributed by atoms with van der Waals surface area (Å²) in [7, 11) is 0. The molecular weight excluding hydrogens is 294 g/mol. The molecule has 0 saturated carbocycles. The van der Waals surface area contributed by atoms with Crippen LogP contribution in [0.5, 0.6) is 0 Å². The Labute approximate surface area is 114 Å². The second-order valence-electron chi connectivity index (χ2n) is 3.98. The molecule has 0 aliphatic heterocycles. The topological polar surface area (TPSA) is 50.2 Å². The Balaban J connectivity index is 2.30. The molecule has 1 N–H and O–H groups in total. The molecule has 0 saturated heterocycles. The standard InChI is InChI=1S/C14H12BrNO2/c15-13-6-2-1-5-11(13)12(14(17)18)8-10-4-3-7-16-9-10/h1-7,9,12H,8H2,(H,17,18). The molecule has 4 heteroatoms. The van der Waals surface area contributed by atoms with Crippen molar-refractivity contribution >= 4 is 21.9 Å². The Bertz CT molecular complexity index is 543. The van der Waals surface area contributed by atoms with Gasteiger partial charge in [-0.25, -0.2) is 0 Å². The van der Waals surface area contributed by atoms with E-state index in [-0.39, 0.29) is 0 Å². The molecule has 92 valence electrons. The van der Waals surface area contributed by atoms with E-state index >= 15 is 0 Å². The number of halogens is 1. The van der Waals surface area contributed by atoms with Gasteiger partial charge >= 0.3 is 5.97 Å². The van der Waals surface area contributed by atoms with Crippen molar-refractivity contribution in [1.82, 2.24) is 4.98 Å². The number of aromatic nitrogens is 1. The number of carboxylic acids is 1. The van der Waals surface area contributed by atoms with E-state index in [9.17, 15) is 9.90 Å². The van der Waals surface area contributed by atoms with Crippen LogP contribution in [0.3, 0.4) is 0 Å². The van der Waals surface area contributed by atoms with E-state index in [1.807, 2.05) is 36.4 Å². The Kier molecular flexibility index (Phi) is 4.10. The number of hydrogen-bond donors (Lipinski definition) is 1. The van der Waals surface area contributed by atoms with E-state index in [0.717, 1.165) is 15.6 Å². The van der Waals surface area contributed by atoms with E-state index in [0.29, 0.717) is 6.42 Å². The lowest BCUT2D eigenvalue weighted by Crippen LogP contribution is -2.15. The minimum Gasteiger partial charge on any atom is -0.481 e. The van der Waals surface area contributed by atoms with Crippen LogP contribution in [0.2, 0.25) is 0 Å². The third-order valence-corrected chi connectivity index (χ3v) is 3.46. The van der Waals surface area contributed by atoms with Crippen LogP contribution in [-0.4, -0.2) is 16.1 Å². The summed E-state index contributed by atoms with van der Waals surface area (Å²) in [4.78, 5) is 15.4. The van der Waals surface area contributed by atoms with Gasteiger partial charge in [-0.05, 0) is 29.7 Å². The molecule has 1 aromatic carbocycles. The molecule has 0 fully saturated rings. The van der Waals surface area contributed by atoms with E-state index in [2.05, 4.69) is 20.9 Å². The lowest BCUT2D eigenvalue weighted by molar-refractivity contribution is -0.138. The van der Waals surface area contributed by atoms with Crippen molar-refractivity contribution in [2.24, 2.45) is 0 Å². The normalized spacial score (nSPS) is 12.1. The summed E-state index contributed by atoms with van der Waals surface area (Å²) in [6.45, 7) is 0. The number of aliphatic carboxylic acids is 1. The van der Waals surface area contributed by atoms with Gasteiger partial charge in [0.05, 0.1) is 5.92 Å². The van der Waals surface area contributed by atoms with Crippen molar-refractivity contribution in [3.8, 4) is 0 Å². The Hall–Kier alpha value is -1.68. The average Bonchev–Trinajstić information content (AvgIpc) is 2.38. The molecule has 0 spiro atoms. The van der Waals surface area contributed by atoms with Crippen LogP contribution >= 0.6 is 15.9 Å². The molecule has 0 amide bonds. The number of carboxylic acid groups (broad SMARTS) is 1.